The van der Waals surface area contributed by atoms with E-state index in [0.29, 0.717) is 6.54 Å². The van der Waals surface area contributed by atoms with Crippen molar-refractivity contribution >= 4 is 27.3 Å². The van der Waals surface area contributed by atoms with Gasteiger partial charge in [-0.05, 0) is 28.1 Å². The molecular weight excluding hydrogens is 291 g/mol. The minimum atomic E-state index is -4.02. The lowest BCUT2D eigenvalue weighted by Gasteiger charge is -2.39. The van der Waals surface area contributed by atoms with Gasteiger partial charge in [-0.3, -0.25) is 4.90 Å². The first-order valence-corrected chi connectivity index (χ1v) is 6.09. The van der Waals surface area contributed by atoms with Crippen molar-refractivity contribution in [1.29, 1.82) is 0 Å². The Labute approximate surface area is 98.0 Å². The summed E-state index contributed by atoms with van der Waals surface area (Å²) in [6, 6.07) is 3.86. The van der Waals surface area contributed by atoms with Gasteiger partial charge < -0.3 is 0 Å². The van der Waals surface area contributed by atoms with Gasteiger partial charge in [-0.2, -0.15) is 13.2 Å². The fraction of sp³-hybridized carbons (Fsp3) is 0.556. The highest BCUT2D eigenvalue weighted by molar-refractivity contribution is 9.11. The van der Waals surface area contributed by atoms with Crippen LogP contribution in [-0.2, 0) is 6.54 Å². The topological polar surface area (TPSA) is 3.24 Å². The number of thiophene rings is 1. The number of hydrogen-bond donors (Lipinski definition) is 0. The molecule has 1 aromatic rings. The van der Waals surface area contributed by atoms with E-state index in [1.54, 1.807) is 11.3 Å². The Kier molecular flexibility index (Phi) is 3.10. The van der Waals surface area contributed by atoms with Crippen molar-refractivity contribution in [3.63, 3.8) is 0 Å². The second-order valence-corrected chi connectivity index (χ2v) is 6.19. The van der Waals surface area contributed by atoms with Crippen LogP contribution < -0.4 is 0 Å². The summed E-state index contributed by atoms with van der Waals surface area (Å²) in [5.74, 6) is -1.12. The molecule has 15 heavy (non-hydrogen) atoms. The zero-order chi connectivity index (χ0) is 11.1. The van der Waals surface area contributed by atoms with Gasteiger partial charge in [0.1, 0.15) is 0 Å². The maximum atomic E-state index is 12.2. The largest absolute Gasteiger partial charge is 0.394 e. The zero-order valence-corrected chi connectivity index (χ0v) is 10.1. The summed E-state index contributed by atoms with van der Waals surface area (Å²) >= 11 is 4.89. The minimum Gasteiger partial charge on any atom is -0.297 e. The van der Waals surface area contributed by atoms with Crippen molar-refractivity contribution in [2.75, 3.05) is 13.1 Å². The molecule has 0 atom stereocenters. The van der Waals surface area contributed by atoms with E-state index in [2.05, 4.69) is 15.9 Å². The molecule has 0 radical (unpaired) electrons. The quantitative estimate of drug-likeness (QED) is 0.808. The van der Waals surface area contributed by atoms with Crippen LogP contribution >= 0.6 is 27.3 Å². The molecule has 0 unspecified atom stereocenters. The highest BCUT2D eigenvalue weighted by Crippen LogP contribution is 2.35. The van der Waals surface area contributed by atoms with Crippen molar-refractivity contribution in [3.8, 4) is 0 Å². The molecule has 1 aromatic heterocycles. The molecule has 1 saturated heterocycles. The lowest BCUT2D eigenvalue weighted by Crippen LogP contribution is -2.52. The SMILES string of the molecule is FC(F)(F)C1CN(Cc2ccc(Br)s2)C1. The fourth-order valence-corrected chi connectivity index (χ4v) is 3.09. The molecule has 1 aliphatic rings. The summed E-state index contributed by atoms with van der Waals surface area (Å²) < 4.78 is 37.6. The number of alkyl halides is 3. The third-order valence-electron chi connectivity index (χ3n) is 2.43. The van der Waals surface area contributed by atoms with Crippen molar-refractivity contribution in [1.82, 2.24) is 4.90 Å². The lowest BCUT2D eigenvalue weighted by atomic mass is 10.00. The van der Waals surface area contributed by atoms with Crippen LogP contribution in [0.15, 0.2) is 15.9 Å². The maximum absolute atomic E-state index is 12.2. The molecule has 6 heteroatoms. The molecule has 1 nitrogen and oxygen atoms in total. The number of halogens is 4. The molecule has 0 saturated carbocycles. The molecule has 0 bridgehead atoms. The second-order valence-electron chi connectivity index (χ2n) is 3.64. The molecule has 2 heterocycles. The monoisotopic (exact) mass is 299 g/mol. The number of rotatable bonds is 2. The van der Waals surface area contributed by atoms with Gasteiger partial charge in [0.2, 0.25) is 0 Å². The Hall–Kier alpha value is -0.0700. The Morgan fingerprint density at radius 3 is 2.53 bits per heavy atom. The summed E-state index contributed by atoms with van der Waals surface area (Å²) in [5, 5.41) is 0. The molecule has 0 aromatic carbocycles. The van der Waals surface area contributed by atoms with Crippen LogP contribution in [0, 0.1) is 5.92 Å². The van der Waals surface area contributed by atoms with Gasteiger partial charge in [-0.1, -0.05) is 0 Å². The predicted molar refractivity (Wildman–Crippen MR) is 56.8 cm³/mol. The molecular formula is C9H9BrF3NS. The van der Waals surface area contributed by atoms with Gasteiger partial charge in [0.15, 0.2) is 0 Å². The Morgan fingerprint density at radius 2 is 2.07 bits per heavy atom. The number of hydrogen-bond acceptors (Lipinski definition) is 2. The van der Waals surface area contributed by atoms with Crippen LogP contribution in [0.3, 0.4) is 0 Å². The first kappa shape index (κ1) is 11.4. The Balaban J connectivity index is 1.81. The van der Waals surface area contributed by atoms with E-state index in [-0.39, 0.29) is 13.1 Å². The van der Waals surface area contributed by atoms with Gasteiger partial charge in [0.05, 0.1) is 9.70 Å². The van der Waals surface area contributed by atoms with Gasteiger partial charge in [-0.15, -0.1) is 11.3 Å². The predicted octanol–water partition coefficient (Wildman–Crippen LogP) is 3.50. The minimum absolute atomic E-state index is 0.138. The standard InChI is InChI=1S/C9H9BrF3NS/c10-8-2-1-7(15-8)5-14-3-6(4-14)9(11,12)13/h1-2,6H,3-5H2. The molecule has 0 amide bonds. The average molecular weight is 300 g/mol. The summed E-state index contributed by atoms with van der Waals surface area (Å²) in [7, 11) is 0. The van der Waals surface area contributed by atoms with Gasteiger partial charge >= 0.3 is 6.18 Å². The van der Waals surface area contributed by atoms with Crippen molar-refractivity contribution in [3.05, 3.63) is 20.8 Å². The average Bonchev–Trinajstić information content (AvgIpc) is 2.40. The van der Waals surface area contributed by atoms with Crippen LogP contribution in [0.2, 0.25) is 0 Å². The van der Waals surface area contributed by atoms with Gasteiger partial charge in [-0.25, -0.2) is 0 Å². The fourth-order valence-electron chi connectivity index (χ4n) is 1.56. The van der Waals surface area contributed by atoms with Crippen LogP contribution in [-0.4, -0.2) is 24.2 Å². The zero-order valence-electron chi connectivity index (χ0n) is 7.72. The smallest absolute Gasteiger partial charge is 0.297 e. The van der Waals surface area contributed by atoms with Crippen LogP contribution in [0.1, 0.15) is 4.88 Å². The van der Waals surface area contributed by atoms with Crippen LogP contribution in [0.5, 0.6) is 0 Å². The first-order chi connectivity index (χ1) is 6.95. The molecule has 2 rings (SSSR count). The van der Waals surface area contributed by atoms with Crippen LogP contribution in [0.4, 0.5) is 13.2 Å². The summed E-state index contributed by atoms with van der Waals surface area (Å²) in [6.45, 7) is 0.904. The normalized spacial score (nSPS) is 19.2. The second kappa shape index (κ2) is 4.07. The molecule has 1 fully saturated rings. The molecule has 0 aliphatic carbocycles. The maximum Gasteiger partial charge on any atom is 0.394 e. The van der Waals surface area contributed by atoms with E-state index in [4.69, 9.17) is 0 Å². The third kappa shape index (κ3) is 2.73. The molecule has 0 N–H and O–H groups in total. The molecule has 84 valence electrons. The van der Waals surface area contributed by atoms with Crippen molar-refractivity contribution < 1.29 is 13.2 Å². The lowest BCUT2D eigenvalue weighted by molar-refractivity contribution is -0.210. The van der Waals surface area contributed by atoms with Crippen molar-refractivity contribution in [2.45, 2.75) is 12.7 Å². The highest BCUT2D eigenvalue weighted by atomic mass is 79.9. The van der Waals surface area contributed by atoms with E-state index in [1.807, 2.05) is 17.0 Å². The Morgan fingerprint density at radius 1 is 1.40 bits per heavy atom. The Bertz CT molecular complexity index is 343. The molecule has 0 spiro atoms. The van der Waals surface area contributed by atoms with Gasteiger partial charge in [0, 0.05) is 24.5 Å². The number of nitrogens with zero attached hydrogens (tertiary/aromatic N) is 1. The first-order valence-electron chi connectivity index (χ1n) is 4.48. The van der Waals surface area contributed by atoms with E-state index in [0.717, 1.165) is 8.66 Å². The highest BCUT2D eigenvalue weighted by Gasteiger charge is 2.46. The molecule has 1 aliphatic heterocycles. The summed E-state index contributed by atoms with van der Waals surface area (Å²) in [6.07, 6.45) is -4.02. The van der Waals surface area contributed by atoms with E-state index in [9.17, 15) is 13.2 Å². The summed E-state index contributed by atoms with van der Waals surface area (Å²) in [4.78, 5) is 2.92. The summed E-state index contributed by atoms with van der Waals surface area (Å²) in [5.41, 5.74) is 0. The number of likely N-dealkylation sites (tertiary alicyclic amines) is 1. The van der Waals surface area contributed by atoms with E-state index in [1.165, 1.54) is 0 Å². The van der Waals surface area contributed by atoms with Gasteiger partial charge in [0.25, 0.3) is 0 Å². The van der Waals surface area contributed by atoms with E-state index < -0.39 is 12.1 Å². The third-order valence-corrected chi connectivity index (χ3v) is 4.04. The van der Waals surface area contributed by atoms with Crippen LogP contribution in [0.25, 0.3) is 0 Å². The van der Waals surface area contributed by atoms with E-state index >= 15 is 0 Å². The van der Waals surface area contributed by atoms with Crippen molar-refractivity contribution in [2.24, 2.45) is 5.92 Å².